The molecular formula is C15H14O2. The molecule has 2 aromatic carbocycles. The van der Waals surface area contributed by atoms with Crippen LogP contribution in [0.15, 0.2) is 42.5 Å². The maximum absolute atomic E-state index is 11.0. The third-order valence-corrected chi connectivity index (χ3v) is 2.84. The van der Waals surface area contributed by atoms with Crippen LogP contribution < -0.4 is 0 Å². The number of benzene rings is 2. The molecule has 0 aromatic heterocycles. The van der Waals surface area contributed by atoms with Crippen LogP contribution in [0.25, 0.3) is 11.1 Å². The number of aromatic carboxylic acids is 1. The largest absolute Gasteiger partial charge is 0.478 e. The van der Waals surface area contributed by atoms with Crippen LogP contribution in [0.4, 0.5) is 0 Å². The summed E-state index contributed by atoms with van der Waals surface area (Å²) in [5.74, 6) is -0.879. The predicted octanol–water partition coefficient (Wildman–Crippen LogP) is 3.67. The first-order chi connectivity index (χ1) is 8.09. The third-order valence-electron chi connectivity index (χ3n) is 2.84. The minimum absolute atomic E-state index is 0.347. The molecule has 0 bridgehead atoms. The lowest BCUT2D eigenvalue weighted by atomic mass is 9.94. The van der Waals surface area contributed by atoms with E-state index >= 15 is 0 Å². The molecule has 2 rings (SSSR count). The SMILES string of the molecule is Cc1cc(C(=O)O)cc(C)c1-c1ccccc1. The molecule has 1 N–H and O–H groups in total. The average molecular weight is 226 g/mol. The van der Waals surface area contributed by atoms with E-state index in [4.69, 9.17) is 5.11 Å². The Kier molecular flexibility index (Phi) is 2.96. The van der Waals surface area contributed by atoms with Gasteiger partial charge in [0.25, 0.3) is 0 Å². The summed E-state index contributed by atoms with van der Waals surface area (Å²) in [4.78, 5) is 11.0. The lowest BCUT2D eigenvalue weighted by Crippen LogP contribution is -1.99. The topological polar surface area (TPSA) is 37.3 Å². The molecule has 2 nitrogen and oxygen atoms in total. The lowest BCUT2D eigenvalue weighted by molar-refractivity contribution is 0.0696. The summed E-state index contributed by atoms with van der Waals surface area (Å²) in [6.07, 6.45) is 0. The van der Waals surface area contributed by atoms with E-state index in [0.29, 0.717) is 5.56 Å². The van der Waals surface area contributed by atoms with Crippen molar-refractivity contribution in [3.05, 3.63) is 59.2 Å². The van der Waals surface area contributed by atoms with Crippen LogP contribution in [-0.4, -0.2) is 11.1 Å². The van der Waals surface area contributed by atoms with Crippen molar-refractivity contribution in [1.29, 1.82) is 0 Å². The lowest BCUT2D eigenvalue weighted by Gasteiger charge is -2.11. The van der Waals surface area contributed by atoms with Gasteiger partial charge in [-0.3, -0.25) is 0 Å². The van der Waals surface area contributed by atoms with Crippen molar-refractivity contribution in [2.24, 2.45) is 0 Å². The molecule has 17 heavy (non-hydrogen) atoms. The van der Waals surface area contributed by atoms with Crippen molar-refractivity contribution in [3.8, 4) is 11.1 Å². The third kappa shape index (κ3) is 2.21. The van der Waals surface area contributed by atoms with Gasteiger partial charge < -0.3 is 5.11 Å². The monoisotopic (exact) mass is 226 g/mol. The maximum atomic E-state index is 11.0. The summed E-state index contributed by atoms with van der Waals surface area (Å²) in [5.41, 5.74) is 4.58. The van der Waals surface area contributed by atoms with Crippen LogP contribution >= 0.6 is 0 Å². The molecule has 0 aliphatic carbocycles. The number of rotatable bonds is 2. The first-order valence-electron chi connectivity index (χ1n) is 5.49. The van der Waals surface area contributed by atoms with Gasteiger partial charge in [-0.05, 0) is 48.2 Å². The summed E-state index contributed by atoms with van der Waals surface area (Å²) in [5, 5.41) is 9.00. The highest BCUT2D eigenvalue weighted by Crippen LogP contribution is 2.28. The highest BCUT2D eigenvalue weighted by molar-refractivity contribution is 5.89. The van der Waals surface area contributed by atoms with Crippen molar-refractivity contribution in [2.75, 3.05) is 0 Å². The molecule has 0 aliphatic rings. The van der Waals surface area contributed by atoms with Gasteiger partial charge in [-0.2, -0.15) is 0 Å². The van der Waals surface area contributed by atoms with Crippen molar-refractivity contribution >= 4 is 5.97 Å². The summed E-state index contributed by atoms with van der Waals surface area (Å²) < 4.78 is 0. The Morgan fingerprint density at radius 3 is 2.00 bits per heavy atom. The molecule has 0 aliphatic heterocycles. The van der Waals surface area contributed by atoms with Gasteiger partial charge in [0.15, 0.2) is 0 Å². The van der Waals surface area contributed by atoms with Gasteiger partial charge >= 0.3 is 5.97 Å². The molecule has 86 valence electrons. The van der Waals surface area contributed by atoms with Crippen molar-refractivity contribution in [3.63, 3.8) is 0 Å². The quantitative estimate of drug-likeness (QED) is 0.848. The highest BCUT2D eigenvalue weighted by atomic mass is 16.4. The average Bonchev–Trinajstić information content (AvgIpc) is 2.29. The van der Waals surface area contributed by atoms with E-state index in [9.17, 15) is 4.79 Å². The summed E-state index contributed by atoms with van der Waals surface area (Å²) in [7, 11) is 0. The zero-order valence-corrected chi connectivity index (χ0v) is 9.90. The van der Waals surface area contributed by atoms with Crippen molar-refractivity contribution in [2.45, 2.75) is 13.8 Å². The molecule has 0 fully saturated rings. The van der Waals surface area contributed by atoms with Crippen LogP contribution in [0.5, 0.6) is 0 Å². The van der Waals surface area contributed by atoms with Gasteiger partial charge in [0, 0.05) is 0 Å². The molecule has 2 heteroatoms. The smallest absolute Gasteiger partial charge is 0.335 e. The van der Waals surface area contributed by atoms with Crippen LogP contribution in [0.2, 0.25) is 0 Å². The maximum Gasteiger partial charge on any atom is 0.335 e. The standard InChI is InChI=1S/C15H14O2/c1-10-8-13(15(16)17)9-11(2)14(10)12-6-4-3-5-7-12/h3-9H,1-2H3,(H,16,17). The van der Waals surface area contributed by atoms with E-state index in [-0.39, 0.29) is 0 Å². The fourth-order valence-corrected chi connectivity index (χ4v) is 2.15. The minimum atomic E-state index is -0.879. The van der Waals surface area contributed by atoms with Gasteiger partial charge in [-0.1, -0.05) is 30.3 Å². The molecule has 0 spiro atoms. The zero-order chi connectivity index (χ0) is 12.4. The van der Waals surface area contributed by atoms with Crippen molar-refractivity contribution < 1.29 is 9.90 Å². The Labute approximate surface area is 101 Å². The first-order valence-corrected chi connectivity index (χ1v) is 5.49. The van der Waals surface area contributed by atoms with E-state index in [1.807, 2.05) is 44.2 Å². The van der Waals surface area contributed by atoms with Crippen LogP contribution in [0.3, 0.4) is 0 Å². The first kappa shape index (κ1) is 11.4. The van der Waals surface area contributed by atoms with E-state index in [0.717, 1.165) is 22.3 Å². The molecule has 0 heterocycles. The predicted molar refractivity (Wildman–Crippen MR) is 68.3 cm³/mol. The molecule has 0 radical (unpaired) electrons. The van der Waals surface area contributed by atoms with Crippen molar-refractivity contribution in [1.82, 2.24) is 0 Å². The summed E-state index contributed by atoms with van der Waals surface area (Å²) in [6.45, 7) is 3.89. The fraction of sp³-hybridized carbons (Fsp3) is 0.133. The molecule has 0 amide bonds. The normalized spacial score (nSPS) is 10.2. The second kappa shape index (κ2) is 4.42. The van der Waals surface area contributed by atoms with Gasteiger partial charge in [0.2, 0.25) is 0 Å². The van der Waals surface area contributed by atoms with E-state index in [2.05, 4.69) is 0 Å². The number of hydrogen-bond donors (Lipinski definition) is 1. The fourth-order valence-electron chi connectivity index (χ4n) is 2.15. The second-order valence-corrected chi connectivity index (χ2v) is 4.16. The molecule has 0 saturated carbocycles. The highest BCUT2D eigenvalue weighted by Gasteiger charge is 2.10. The number of carboxylic acid groups (broad SMARTS) is 1. The minimum Gasteiger partial charge on any atom is -0.478 e. The van der Waals surface area contributed by atoms with E-state index < -0.39 is 5.97 Å². The van der Waals surface area contributed by atoms with Crippen LogP contribution in [-0.2, 0) is 0 Å². The molecule has 0 saturated heterocycles. The molecule has 0 atom stereocenters. The molecular weight excluding hydrogens is 212 g/mol. The summed E-state index contributed by atoms with van der Waals surface area (Å²) in [6, 6.07) is 13.5. The van der Waals surface area contributed by atoms with Crippen LogP contribution in [0, 0.1) is 13.8 Å². The Morgan fingerprint density at radius 1 is 1.00 bits per heavy atom. The van der Waals surface area contributed by atoms with Gasteiger partial charge in [-0.25, -0.2) is 4.79 Å². The number of aryl methyl sites for hydroxylation is 2. The Morgan fingerprint density at radius 2 is 1.53 bits per heavy atom. The second-order valence-electron chi connectivity index (χ2n) is 4.16. The van der Waals surface area contributed by atoms with Crippen LogP contribution in [0.1, 0.15) is 21.5 Å². The Bertz CT molecular complexity index is 533. The van der Waals surface area contributed by atoms with Gasteiger partial charge in [0.05, 0.1) is 5.56 Å². The van der Waals surface area contributed by atoms with E-state index in [1.54, 1.807) is 12.1 Å². The zero-order valence-electron chi connectivity index (χ0n) is 9.90. The van der Waals surface area contributed by atoms with Gasteiger partial charge in [-0.15, -0.1) is 0 Å². The summed E-state index contributed by atoms with van der Waals surface area (Å²) >= 11 is 0. The van der Waals surface area contributed by atoms with E-state index in [1.165, 1.54) is 0 Å². The van der Waals surface area contributed by atoms with Gasteiger partial charge in [0.1, 0.15) is 0 Å². The Hall–Kier alpha value is -2.09. The molecule has 2 aromatic rings. The number of carbonyl (C=O) groups is 1. The molecule has 0 unspecified atom stereocenters. The Balaban J connectivity index is 2.61. The number of hydrogen-bond acceptors (Lipinski definition) is 1. The number of carboxylic acids is 1.